The standard InChI is InChI=1S/C30H36FN3O5S/c1-5-27(30(36)32-19-22(2)3)33(20-23-12-11-13-24(18-23)39-4)29(35)21-34(28-17-10-9-16-26(28)31)40(37,38)25-14-7-6-8-15-25/h6-18,22,27H,5,19-21H2,1-4H3,(H,32,36). The van der Waals surface area contributed by atoms with E-state index in [1.165, 1.54) is 42.3 Å². The molecule has 1 N–H and O–H groups in total. The average Bonchev–Trinajstić information content (AvgIpc) is 2.95. The lowest BCUT2D eigenvalue weighted by Crippen LogP contribution is -2.52. The SMILES string of the molecule is CCC(C(=O)NCC(C)C)N(Cc1cccc(OC)c1)C(=O)CN(c1ccccc1F)S(=O)(=O)c1ccccc1. The highest BCUT2D eigenvalue weighted by molar-refractivity contribution is 7.92. The van der Waals surface area contributed by atoms with Crippen molar-refractivity contribution >= 4 is 27.5 Å². The fraction of sp³-hybridized carbons (Fsp3) is 0.333. The van der Waals surface area contributed by atoms with Crippen LogP contribution >= 0.6 is 0 Å². The molecule has 2 amide bonds. The van der Waals surface area contributed by atoms with Gasteiger partial charge in [-0.05, 0) is 54.3 Å². The number of nitrogens with one attached hydrogen (secondary N) is 1. The van der Waals surface area contributed by atoms with E-state index in [-0.39, 0.29) is 35.4 Å². The van der Waals surface area contributed by atoms with E-state index < -0.39 is 34.3 Å². The van der Waals surface area contributed by atoms with E-state index in [1.807, 2.05) is 13.8 Å². The van der Waals surface area contributed by atoms with E-state index in [0.29, 0.717) is 17.9 Å². The fourth-order valence-electron chi connectivity index (χ4n) is 4.20. The molecule has 0 bridgehead atoms. The first-order chi connectivity index (χ1) is 19.1. The summed E-state index contributed by atoms with van der Waals surface area (Å²) in [5.41, 5.74) is 0.421. The van der Waals surface area contributed by atoms with Crippen LogP contribution in [-0.2, 0) is 26.2 Å². The zero-order chi connectivity index (χ0) is 29.3. The summed E-state index contributed by atoms with van der Waals surface area (Å²) in [6, 6.07) is 19.1. The Morgan fingerprint density at radius 2 is 1.65 bits per heavy atom. The summed E-state index contributed by atoms with van der Waals surface area (Å²) in [5, 5.41) is 2.88. The Morgan fingerprint density at radius 3 is 2.27 bits per heavy atom. The molecular formula is C30H36FN3O5S. The quantitative estimate of drug-likeness (QED) is 0.324. The average molecular weight is 570 g/mol. The minimum atomic E-state index is -4.34. The maximum Gasteiger partial charge on any atom is 0.264 e. The van der Waals surface area contributed by atoms with Crippen LogP contribution in [0.4, 0.5) is 10.1 Å². The molecule has 1 unspecified atom stereocenters. The maximum absolute atomic E-state index is 15.0. The molecule has 0 fully saturated rings. The molecule has 8 nitrogen and oxygen atoms in total. The minimum absolute atomic E-state index is 0.0140. The highest BCUT2D eigenvalue weighted by Crippen LogP contribution is 2.27. The molecule has 0 aliphatic rings. The number of amides is 2. The van der Waals surface area contributed by atoms with Gasteiger partial charge in [-0.3, -0.25) is 13.9 Å². The van der Waals surface area contributed by atoms with Gasteiger partial charge in [0.15, 0.2) is 0 Å². The highest BCUT2D eigenvalue weighted by Gasteiger charge is 2.34. The van der Waals surface area contributed by atoms with Crippen molar-refractivity contribution in [2.24, 2.45) is 5.92 Å². The van der Waals surface area contributed by atoms with Gasteiger partial charge in [0.2, 0.25) is 11.8 Å². The second kappa shape index (κ2) is 13.9. The van der Waals surface area contributed by atoms with E-state index in [1.54, 1.807) is 49.4 Å². The third-order valence-corrected chi connectivity index (χ3v) is 8.06. The lowest BCUT2D eigenvalue weighted by molar-refractivity contribution is -0.140. The van der Waals surface area contributed by atoms with Crippen molar-refractivity contribution in [1.29, 1.82) is 0 Å². The minimum Gasteiger partial charge on any atom is -0.497 e. The summed E-state index contributed by atoms with van der Waals surface area (Å²) in [7, 11) is -2.81. The molecule has 0 aliphatic heterocycles. The smallest absolute Gasteiger partial charge is 0.264 e. The third kappa shape index (κ3) is 7.59. The topological polar surface area (TPSA) is 96.0 Å². The number of hydrogen-bond donors (Lipinski definition) is 1. The Labute approximate surface area is 235 Å². The number of benzene rings is 3. The van der Waals surface area contributed by atoms with Crippen LogP contribution in [0.1, 0.15) is 32.8 Å². The van der Waals surface area contributed by atoms with Gasteiger partial charge in [-0.1, -0.05) is 63.2 Å². The van der Waals surface area contributed by atoms with Crippen LogP contribution in [0.5, 0.6) is 5.75 Å². The molecule has 0 aromatic heterocycles. The summed E-state index contributed by atoms with van der Waals surface area (Å²) in [6.07, 6.45) is 0.283. The van der Waals surface area contributed by atoms with Crippen LogP contribution in [0, 0.1) is 11.7 Å². The molecule has 3 rings (SSSR count). The predicted molar refractivity (Wildman–Crippen MR) is 153 cm³/mol. The number of carbonyl (C=O) groups is 2. The summed E-state index contributed by atoms with van der Waals surface area (Å²) in [6.45, 7) is 5.42. The van der Waals surface area contributed by atoms with E-state index >= 15 is 0 Å². The van der Waals surface area contributed by atoms with E-state index in [2.05, 4.69) is 5.32 Å². The Morgan fingerprint density at radius 1 is 0.975 bits per heavy atom. The lowest BCUT2D eigenvalue weighted by Gasteiger charge is -2.33. The number of halogens is 1. The van der Waals surface area contributed by atoms with Crippen molar-refractivity contribution in [1.82, 2.24) is 10.2 Å². The van der Waals surface area contributed by atoms with Gasteiger partial charge in [0.1, 0.15) is 24.2 Å². The number of para-hydroxylation sites is 1. The second-order valence-corrected chi connectivity index (χ2v) is 11.6. The first kappa shape index (κ1) is 30.6. The Bertz CT molecular complexity index is 1400. The summed E-state index contributed by atoms with van der Waals surface area (Å²) in [4.78, 5) is 28.5. The summed E-state index contributed by atoms with van der Waals surface area (Å²) >= 11 is 0. The van der Waals surface area contributed by atoms with Gasteiger partial charge in [-0.15, -0.1) is 0 Å². The van der Waals surface area contributed by atoms with E-state index in [4.69, 9.17) is 4.74 Å². The van der Waals surface area contributed by atoms with E-state index in [0.717, 1.165) is 10.4 Å². The number of nitrogens with zero attached hydrogens (tertiary/aromatic N) is 2. The Kier molecular flexibility index (Phi) is 10.7. The largest absolute Gasteiger partial charge is 0.497 e. The van der Waals surface area contributed by atoms with Gasteiger partial charge in [-0.2, -0.15) is 0 Å². The van der Waals surface area contributed by atoms with Gasteiger partial charge in [0, 0.05) is 13.1 Å². The monoisotopic (exact) mass is 569 g/mol. The van der Waals surface area contributed by atoms with Crippen LogP contribution < -0.4 is 14.4 Å². The molecule has 40 heavy (non-hydrogen) atoms. The number of hydrogen-bond acceptors (Lipinski definition) is 5. The zero-order valence-corrected chi connectivity index (χ0v) is 24.0. The number of carbonyl (C=O) groups excluding carboxylic acids is 2. The Hall–Kier alpha value is -3.92. The van der Waals surface area contributed by atoms with Crippen molar-refractivity contribution in [2.75, 3.05) is 24.5 Å². The molecule has 214 valence electrons. The molecule has 3 aromatic carbocycles. The van der Waals surface area contributed by atoms with Crippen LogP contribution in [0.3, 0.4) is 0 Å². The van der Waals surface area contributed by atoms with Gasteiger partial charge in [-0.25, -0.2) is 12.8 Å². The molecule has 0 saturated carbocycles. The molecular weight excluding hydrogens is 533 g/mol. The van der Waals surface area contributed by atoms with Crippen LogP contribution in [-0.4, -0.2) is 51.4 Å². The highest BCUT2D eigenvalue weighted by atomic mass is 32.2. The van der Waals surface area contributed by atoms with Gasteiger partial charge >= 0.3 is 0 Å². The van der Waals surface area contributed by atoms with Crippen LogP contribution in [0.15, 0.2) is 83.8 Å². The molecule has 0 heterocycles. The van der Waals surface area contributed by atoms with Gasteiger partial charge in [0.25, 0.3) is 10.0 Å². The van der Waals surface area contributed by atoms with Crippen LogP contribution in [0.2, 0.25) is 0 Å². The summed E-state index contributed by atoms with van der Waals surface area (Å²) < 4.78 is 48.5. The number of rotatable bonds is 13. The van der Waals surface area contributed by atoms with Crippen molar-refractivity contribution in [3.63, 3.8) is 0 Å². The van der Waals surface area contributed by atoms with Crippen molar-refractivity contribution in [2.45, 2.75) is 44.7 Å². The fourth-order valence-corrected chi connectivity index (χ4v) is 5.64. The van der Waals surface area contributed by atoms with Gasteiger partial charge in [0.05, 0.1) is 17.7 Å². The van der Waals surface area contributed by atoms with Crippen molar-refractivity contribution in [3.8, 4) is 5.75 Å². The first-order valence-electron chi connectivity index (χ1n) is 13.1. The number of sulfonamides is 1. The molecule has 3 aromatic rings. The Balaban J connectivity index is 2.06. The molecule has 0 aliphatic carbocycles. The number of methoxy groups -OCH3 is 1. The van der Waals surface area contributed by atoms with Gasteiger partial charge < -0.3 is 15.0 Å². The molecule has 1 atom stereocenters. The maximum atomic E-state index is 15.0. The number of anilines is 1. The van der Waals surface area contributed by atoms with Crippen LogP contribution in [0.25, 0.3) is 0 Å². The van der Waals surface area contributed by atoms with Crippen molar-refractivity contribution in [3.05, 3.63) is 90.2 Å². The number of ether oxygens (including phenoxy) is 1. The molecule has 10 heteroatoms. The molecule has 0 spiro atoms. The molecule has 0 radical (unpaired) electrons. The summed E-state index contributed by atoms with van der Waals surface area (Å²) in [5.74, 6) is -1.04. The zero-order valence-electron chi connectivity index (χ0n) is 23.2. The van der Waals surface area contributed by atoms with Crippen molar-refractivity contribution < 1.29 is 27.1 Å². The molecule has 0 saturated heterocycles. The van der Waals surface area contributed by atoms with E-state index in [9.17, 15) is 22.4 Å². The predicted octanol–water partition coefficient (Wildman–Crippen LogP) is 4.61. The second-order valence-electron chi connectivity index (χ2n) is 9.71. The third-order valence-electron chi connectivity index (χ3n) is 6.29. The normalized spacial score (nSPS) is 12.1. The first-order valence-corrected chi connectivity index (χ1v) is 14.5. The lowest BCUT2D eigenvalue weighted by atomic mass is 10.1.